The molecule has 100 valence electrons. The van der Waals surface area contributed by atoms with Crippen molar-refractivity contribution >= 4 is 28.9 Å². The molecule has 1 aromatic heterocycles. The van der Waals surface area contributed by atoms with Crippen LogP contribution in [0.1, 0.15) is 18.9 Å². The average molecular weight is 281 g/mol. The highest BCUT2D eigenvalue weighted by Gasteiger charge is 2.09. The number of nitrogens with zero attached hydrogens (tertiary/aromatic N) is 2. The van der Waals surface area contributed by atoms with Crippen LogP contribution in [0.4, 0.5) is 21.7 Å². The van der Waals surface area contributed by atoms with Crippen molar-refractivity contribution in [1.29, 1.82) is 0 Å². The Kier molecular flexibility index (Phi) is 4.16. The molecular weight excluding hydrogens is 267 g/mol. The highest BCUT2D eigenvalue weighted by Crippen LogP contribution is 2.25. The van der Waals surface area contributed by atoms with Gasteiger partial charge < -0.3 is 11.1 Å². The highest BCUT2D eigenvalue weighted by atomic mass is 35.5. The molecule has 1 heterocycles. The van der Waals surface area contributed by atoms with E-state index in [1.807, 2.05) is 6.92 Å². The lowest BCUT2D eigenvalue weighted by Gasteiger charge is -2.12. The number of hydrogen-bond acceptors (Lipinski definition) is 4. The second-order valence-corrected chi connectivity index (χ2v) is 4.50. The number of aromatic nitrogens is 2. The third-order valence-corrected chi connectivity index (χ3v) is 2.97. The number of benzene rings is 1. The van der Waals surface area contributed by atoms with Crippen molar-refractivity contribution < 1.29 is 4.39 Å². The van der Waals surface area contributed by atoms with Crippen molar-refractivity contribution in [3.05, 3.63) is 40.9 Å². The maximum absolute atomic E-state index is 13.4. The first kappa shape index (κ1) is 13.5. The minimum Gasteiger partial charge on any atom is -0.383 e. The Morgan fingerprint density at radius 3 is 2.84 bits per heavy atom. The van der Waals surface area contributed by atoms with Gasteiger partial charge >= 0.3 is 0 Å². The summed E-state index contributed by atoms with van der Waals surface area (Å²) in [4.78, 5) is 8.11. The van der Waals surface area contributed by atoms with Gasteiger partial charge in [0.15, 0.2) is 0 Å². The van der Waals surface area contributed by atoms with Crippen molar-refractivity contribution in [2.45, 2.75) is 19.8 Å². The molecule has 0 aliphatic heterocycles. The fourth-order valence-electron chi connectivity index (χ4n) is 1.74. The highest BCUT2D eigenvalue weighted by molar-refractivity contribution is 6.30. The zero-order valence-corrected chi connectivity index (χ0v) is 11.2. The quantitative estimate of drug-likeness (QED) is 0.899. The van der Waals surface area contributed by atoms with Crippen LogP contribution in [0.2, 0.25) is 5.02 Å². The van der Waals surface area contributed by atoms with Crippen LogP contribution < -0.4 is 11.1 Å². The smallest absolute Gasteiger partial charge is 0.143 e. The fraction of sp³-hybridized carbons (Fsp3) is 0.231. The summed E-state index contributed by atoms with van der Waals surface area (Å²) in [5, 5.41) is 3.12. The average Bonchev–Trinajstić information content (AvgIpc) is 2.38. The van der Waals surface area contributed by atoms with E-state index >= 15 is 0 Å². The van der Waals surface area contributed by atoms with Gasteiger partial charge in [0.25, 0.3) is 0 Å². The van der Waals surface area contributed by atoms with E-state index in [0.717, 1.165) is 18.4 Å². The summed E-state index contributed by atoms with van der Waals surface area (Å²) in [6.07, 6.45) is 3.05. The topological polar surface area (TPSA) is 63.8 Å². The number of nitrogen functional groups attached to an aromatic ring is 1. The van der Waals surface area contributed by atoms with Gasteiger partial charge in [-0.2, -0.15) is 0 Å². The molecule has 0 aliphatic carbocycles. The molecule has 0 spiro atoms. The minimum absolute atomic E-state index is 0.0848. The summed E-state index contributed by atoms with van der Waals surface area (Å²) in [5.74, 6) is 0.551. The number of nitrogens with one attached hydrogen (secondary N) is 1. The fourth-order valence-corrected chi connectivity index (χ4v) is 1.86. The van der Waals surface area contributed by atoms with Gasteiger partial charge in [-0.3, -0.25) is 0 Å². The minimum atomic E-state index is -0.481. The predicted molar refractivity (Wildman–Crippen MR) is 75.1 cm³/mol. The van der Waals surface area contributed by atoms with Crippen LogP contribution in [0.5, 0.6) is 0 Å². The van der Waals surface area contributed by atoms with E-state index < -0.39 is 5.82 Å². The van der Waals surface area contributed by atoms with Gasteiger partial charge in [0.1, 0.15) is 23.8 Å². The molecule has 0 saturated carbocycles. The molecule has 0 atom stereocenters. The summed E-state index contributed by atoms with van der Waals surface area (Å²) >= 11 is 5.64. The standard InChI is InChI=1S/C13H14ClFN4/c1-2-3-9-12(16)17-7-18-13(9)19-8-4-5-10(14)11(15)6-8/h4-7H,2-3H2,1H3,(H3,16,17,18,19). The number of anilines is 3. The molecule has 0 saturated heterocycles. The molecule has 2 rings (SSSR count). The van der Waals surface area contributed by atoms with Crippen LogP contribution in [0.25, 0.3) is 0 Å². The molecule has 1 aromatic carbocycles. The number of nitrogens with two attached hydrogens (primary N) is 1. The third kappa shape index (κ3) is 3.12. The zero-order chi connectivity index (χ0) is 13.8. The Bertz CT molecular complexity index is 589. The summed E-state index contributed by atoms with van der Waals surface area (Å²) in [5.41, 5.74) is 7.23. The van der Waals surface area contributed by atoms with Crippen molar-refractivity contribution in [2.24, 2.45) is 0 Å². The lowest BCUT2D eigenvalue weighted by Crippen LogP contribution is -2.05. The van der Waals surface area contributed by atoms with Gasteiger partial charge in [-0.05, 0) is 24.6 Å². The van der Waals surface area contributed by atoms with Crippen LogP contribution >= 0.6 is 11.6 Å². The Morgan fingerprint density at radius 1 is 1.37 bits per heavy atom. The van der Waals surface area contributed by atoms with Crippen molar-refractivity contribution in [3.8, 4) is 0 Å². The summed E-state index contributed by atoms with van der Waals surface area (Å²) in [7, 11) is 0. The molecule has 0 bridgehead atoms. The first-order valence-corrected chi connectivity index (χ1v) is 6.31. The number of halogens is 2. The maximum atomic E-state index is 13.4. The van der Waals surface area contributed by atoms with Crippen LogP contribution in [0, 0.1) is 5.82 Å². The van der Waals surface area contributed by atoms with Gasteiger partial charge in [-0.15, -0.1) is 0 Å². The molecule has 0 fully saturated rings. The van der Waals surface area contributed by atoms with Gasteiger partial charge in [0, 0.05) is 11.3 Å². The van der Waals surface area contributed by atoms with Crippen LogP contribution in [-0.4, -0.2) is 9.97 Å². The van der Waals surface area contributed by atoms with Crippen molar-refractivity contribution in [1.82, 2.24) is 9.97 Å². The molecule has 0 aliphatic rings. The molecular formula is C13H14ClFN4. The monoisotopic (exact) mass is 280 g/mol. The molecule has 0 amide bonds. The molecule has 2 aromatic rings. The van der Waals surface area contributed by atoms with Crippen molar-refractivity contribution in [2.75, 3.05) is 11.1 Å². The lowest BCUT2D eigenvalue weighted by molar-refractivity contribution is 0.629. The first-order valence-electron chi connectivity index (χ1n) is 5.93. The molecule has 0 radical (unpaired) electrons. The van der Waals surface area contributed by atoms with Gasteiger partial charge in [-0.25, -0.2) is 14.4 Å². The number of rotatable bonds is 4. The van der Waals surface area contributed by atoms with Crippen molar-refractivity contribution in [3.63, 3.8) is 0 Å². The Labute approximate surface area is 115 Å². The van der Waals surface area contributed by atoms with Crippen LogP contribution in [0.3, 0.4) is 0 Å². The Balaban J connectivity index is 2.32. The van der Waals surface area contributed by atoms with Gasteiger partial charge in [0.2, 0.25) is 0 Å². The van der Waals surface area contributed by atoms with Gasteiger partial charge in [0.05, 0.1) is 5.02 Å². The van der Waals surface area contributed by atoms with Crippen LogP contribution in [0.15, 0.2) is 24.5 Å². The van der Waals surface area contributed by atoms with E-state index in [4.69, 9.17) is 17.3 Å². The maximum Gasteiger partial charge on any atom is 0.143 e. The summed E-state index contributed by atoms with van der Waals surface area (Å²) in [6.45, 7) is 2.04. The molecule has 4 nitrogen and oxygen atoms in total. The van der Waals surface area contributed by atoms with E-state index in [9.17, 15) is 4.39 Å². The normalized spacial score (nSPS) is 10.5. The van der Waals surface area contributed by atoms with E-state index in [2.05, 4.69) is 15.3 Å². The van der Waals surface area contributed by atoms with Crippen LogP contribution in [-0.2, 0) is 6.42 Å². The molecule has 3 N–H and O–H groups in total. The first-order chi connectivity index (χ1) is 9.11. The molecule has 19 heavy (non-hydrogen) atoms. The Hall–Kier alpha value is -1.88. The van der Waals surface area contributed by atoms with E-state index in [1.165, 1.54) is 18.5 Å². The predicted octanol–water partition coefficient (Wildman–Crippen LogP) is 3.55. The second-order valence-electron chi connectivity index (χ2n) is 4.09. The Morgan fingerprint density at radius 2 is 2.16 bits per heavy atom. The lowest BCUT2D eigenvalue weighted by atomic mass is 10.1. The number of hydrogen-bond donors (Lipinski definition) is 2. The third-order valence-electron chi connectivity index (χ3n) is 2.66. The zero-order valence-electron chi connectivity index (χ0n) is 10.5. The molecule has 0 unspecified atom stereocenters. The van der Waals surface area contributed by atoms with E-state index in [-0.39, 0.29) is 5.02 Å². The summed E-state index contributed by atoms with van der Waals surface area (Å²) in [6, 6.07) is 4.49. The second kappa shape index (κ2) is 5.84. The SMILES string of the molecule is CCCc1c(N)ncnc1Nc1ccc(Cl)c(F)c1. The summed E-state index contributed by atoms with van der Waals surface area (Å²) < 4.78 is 13.4. The molecule has 6 heteroatoms. The largest absolute Gasteiger partial charge is 0.383 e. The van der Waals surface area contributed by atoms with Gasteiger partial charge in [-0.1, -0.05) is 24.9 Å². The van der Waals surface area contributed by atoms with E-state index in [1.54, 1.807) is 6.07 Å². The van der Waals surface area contributed by atoms with E-state index in [0.29, 0.717) is 17.3 Å².